The molecule has 0 aromatic heterocycles. The van der Waals surface area contributed by atoms with Gasteiger partial charge < -0.3 is 4.74 Å². The van der Waals surface area contributed by atoms with Gasteiger partial charge in [0.25, 0.3) is 0 Å². The van der Waals surface area contributed by atoms with E-state index in [1.165, 1.54) is 70.6 Å². The molecule has 10 atom stereocenters. The smallest absolute Gasteiger partial charge is 0.302 e. The molecule has 0 spiro atoms. The van der Waals surface area contributed by atoms with Gasteiger partial charge in [0.15, 0.2) is 0 Å². The van der Waals surface area contributed by atoms with Gasteiger partial charge in [0, 0.05) is 6.92 Å². The van der Waals surface area contributed by atoms with E-state index in [4.69, 9.17) is 4.74 Å². The van der Waals surface area contributed by atoms with Crippen molar-refractivity contribution in [3.05, 3.63) is 0 Å². The molecule has 5 aliphatic carbocycles. The van der Waals surface area contributed by atoms with Crippen LogP contribution in [-0.4, -0.2) is 12.6 Å². The van der Waals surface area contributed by atoms with Crippen LogP contribution in [0.2, 0.25) is 0 Å². The van der Waals surface area contributed by atoms with E-state index in [0.29, 0.717) is 39.6 Å². The second-order valence-electron chi connectivity index (χ2n) is 15.6. The third-order valence-corrected chi connectivity index (χ3v) is 14.0. The second-order valence-corrected chi connectivity index (χ2v) is 15.6. The summed E-state index contributed by atoms with van der Waals surface area (Å²) in [5, 5.41) is 0. The summed E-state index contributed by atoms with van der Waals surface area (Å²) >= 11 is 0. The molecule has 34 heavy (non-hydrogen) atoms. The van der Waals surface area contributed by atoms with E-state index in [0.717, 1.165) is 29.6 Å². The van der Waals surface area contributed by atoms with Crippen LogP contribution in [0.3, 0.4) is 0 Å². The van der Waals surface area contributed by atoms with E-state index in [-0.39, 0.29) is 5.97 Å². The zero-order chi connectivity index (χ0) is 24.7. The van der Waals surface area contributed by atoms with E-state index in [1.807, 2.05) is 0 Å². The Morgan fingerprint density at radius 2 is 1.38 bits per heavy atom. The molecule has 0 radical (unpaired) electrons. The van der Waals surface area contributed by atoms with Gasteiger partial charge in [-0.2, -0.15) is 0 Å². The van der Waals surface area contributed by atoms with Gasteiger partial charge in [-0.3, -0.25) is 4.79 Å². The molecular weight excluding hydrogens is 416 g/mol. The van der Waals surface area contributed by atoms with Crippen molar-refractivity contribution in [2.75, 3.05) is 6.61 Å². The second kappa shape index (κ2) is 7.98. The average molecular weight is 471 g/mol. The Balaban J connectivity index is 1.43. The van der Waals surface area contributed by atoms with Gasteiger partial charge in [0.1, 0.15) is 0 Å². The lowest BCUT2D eigenvalue weighted by atomic mass is 9.32. The number of carbonyl (C=O) groups is 1. The summed E-state index contributed by atoms with van der Waals surface area (Å²) in [7, 11) is 0. The van der Waals surface area contributed by atoms with Gasteiger partial charge in [-0.05, 0) is 127 Å². The number of ether oxygens (including phenoxy) is 1. The van der Waals surface area contributed by atoms with Gasteiger partial charge in [0.2, 0.25) is 0 Å². The molecule has 2 nitrogen and oxygen atoms in total. The number of fused-ring (bicyclic) bond motifs is 7. The molecular formula is C32H54O2. The first kappa shape index (κ1) is 25.1. The van der Waals surface area contributed by atoms with E-state index >= 15 is 0 Å². The van der Waals surface area contributed by atoms with Gasteiger partial charge in [-0.25, -0.2) is 0 Å². The van der Waals surface area contributed by atoms with Crippen LogP contribution in [-0.2, 0) is 9.53 Å². The molecule has 0 saturated heterocycles. The summed E-state index contributed by atoms with van der Waals surface area (Å²) in [5.74, 6) is 4.60. The van der Waals surface area contributed by atoms with Crippen LogP contribution in [0.4, 0.5) is 0 Å². The highest BCUT2D eigenvalue weighted by molar-refractivity contribution is 5.65. The number of carbonyl (C=O) groups excluding carboxylic acids is 1. The van der Waals surface area contributed by atoms with Crippen LogP contribution in [0.1, 0.15) is 126 Å². The third-order valence-electron chi connectivity index (χ3n) is 14.0. The zero-order valence-electron chi connectivity index (χ0n) is 23.8. The number of hydrogen-bond acceptors (Lipinski definition) is 2. The molecule has 0 aliphatic heterocycles. The maximum atomic E-state index is 11.5. The third kappa shape index (κ3) is 3.27. The molecule has 5 rings (SSSR count). The Morgan fingerprint density at radius 1 is 0.765 bits per heavy atom. The van der Waals surface area contributed by atoms with Crippen molar-refractivity contribution < 1.29 is 9.53 Å². The van der Waals surface area contributed by atoms with Crippen LogP contribution in [0.25, 0.3) is 0 Å². The number of hydrogen-bond donors (Lipinski definition) is 0. The fraction of sp³-hybridized carbons (Fsp3) is 0.969. The van der Waals surface area contributed by atoms with Crippen LogP contribution in [0.5, 0.6) is 0 Å². The highest BCUT2D eigenvalue weighted by Crippen LogP contribution is 2.78. The summed E-state index contributed by atoms with van der Waals surface area (Å²) in [6.07, 6.45) is 15.7. The molecule has 0 amide bonds. The van der Waals surface area contributed by atoms with Gasteiger partial charge in [-0.1, -0.05) is 54.9 Å². The minimum Gasteiger partial charge on any atom is -0.466 e. The Kier molecular flexibility index (Phi) is 5.90. The summed E-state index contributed by atoms with van der Waals surface area (Å²) in [6, 6.07) is 0. The van der Waals surface area contributed by atoms with Crippen molar-refractivity contribution in [3.63, 3.8) is 0 Å². The number of rotatable bonds is 3. The normalized spacial score (nSPS) is 52.5. The Bertz CT molecular complexity index is 816. The van der Waals surface area contributed by atoms with Crippen LogP contribution in [0, 0.1) is 62.6 Å². The molecule has 0 bridgehead atoms. The molecule has 2 heteroatoms. The van der Waals surface area contributed by atoms with Crippen molar-refractivity contribution in [1.82, 2.24) is 0 Å². The standard InChI is InChI=1S/C32H54O2/c1-21(20-34-22(2)33)23-12-17-29(5)24(23)13-18-31(7)26(29)10-11-27-30(6)16-9-15-28(3,4)25(30)14-19-32(27,31)8/h21,23-27H,9-20H2,1-8H3/t21?,23-,24+,25+,26-,27-,29+,30+,31-,32-/m1/s1. The highest BCUT2D eigenvalue weighted by Gasteiger charge is 2.70. The molecule has 0 aromatic carbocycles. The molecule has 0 N–H and O–H groups in total. The van der Waals surface area contributed by atoms with Crippen molar-refractivity contribution in [2.45, 2.75) is 126 Å². The molecule has 5 aliphatic rings. The quantitative estimate of drug-likeness (QED) is 0.386. The van der Waals surface area contributed by atoms with Gasteiger partial charge in [0.05, 0.1) is 6.61 Å². The molecule has 1 unspecified atom stereocenters. The van der Waals surface area contributed by atoms with E-state index in [2.05, 4.69) is 48.5 Å². The molecule has 0 aromatic rings. The van der Waals surface area contributed by atoms with Crippen molar-refractivity contribution >= 4 is 5.97 Å². The summed E-state index contributed by atoms with van der Waals surface area (Å²) < 4.78 is 5.48. The molecule has 5 saturated carbocycles. The highest BCUT2D eigenvalue weighted by atomic mass is 16.5. The van der Waals surface area contributed by atoms with Gasteiger partial charge >= 0.3 is 5.97 Å². The number of esters is 1. The fourth-order valence-electron chi connectivity index (χ4n) is 12.4. The zero-order valence-corrected chi connectivity index (χ0v) is 23.8. The predicted molar refractivity (Wildman–Crippen MR) is 140 cm³/mol. The van der Waals surface area contributed by atoms with Crippen LogP contribution >= 0.6 is 0 Å². The Hall–Kier alpha value is -0.530. The molecule has 0 heterocycles. The fourth-order valence-corrected chi connectivity index (χ4v) is 12.4. The average Bonchev–Trinajstić information content (AvgIpc) is 3.09. The lowest BCUT2D eigenvalue weighted by Gasteiger charge is -2.73. The Morgan fingerprint density at radius 3 is 2.03 bits per heavy atom. The molecule has 5 fully saturated rings. The minimum absolute atomic E-state index is 0.120. The van der Waals surface area contributed by atoms with Crippen molar-refractivity contribution in [2.24, 2.45) is 62.6 Å². The molecule has 194 valence electrons. The lowest BCUT2D eigenvalue weighted by molar-refractivity contribution is -0.241. The van der Waals surface area contributed by atoms with E-state index < -0.39 is 0 Å². The van der Waals surface area contributed by atoms with E-state index in [9.17, 15) is 4.79 Å². The monoisotopic (exact) mass is 470 g/mol. The summed E-state index contributed by atoms with van der Waals surface area (Å²) in [4.78, 5) is 11.5. The first-order valence-corrected chi connectivity index (χ1v) is 14.9. The van der Waals surface area contributed by atoms with Gasteiger partial charge in [-0.15, -0.1) is 0 Å². The summed E-state index contributed by atoms with van der Waals surface area (Å²) in [5.41, 5.74) is 2.50. The van der Waals surface area contributed by atoms with Crippen LogP contribution in [0.15, 0.2) is 0 Å². The Labute approximate surface area is 210 Å². The lowest BCUT2D eigenvalue weighted by Crippen LogP contribution is -2.65. The largest absolute Gasteiger partial charge is 0.466 e. The maximum absolute atomic E-state index is 11.5. The summed E-state index contributed by atoms with van der Waals surface area (Å²) in [6.45, 7) is 20.7. The van der Waals surface area contributed by atoms with E-state index in [1.54, 1.807) is 6.92 Å². The SMILES string of the molecule is CC(=O)OCC(C)[C@H]1CC[C@]2(C)[C@H]3CC[C@@H]4[C@@]5(C)CCCC(C)(C)[C@@H]5CC[C@@]4(C)[C@]3(C)CC[C@@H]12. The predicted octanol–water partition coefficient (Wildman–Crippen LogP) is 8.68. The maximum Gasteiger partial charge on any atom is 0.302 e. The first-order valence-electron chi connectivity index (χ1n) is 14.9. The minimum atomic E-state index is -0.120. The van der Waals surface area contributed by atoms with Crippen molar-refractivity contribution in [3.8, 4) is 0 Å². The van der Waals surface area contributed by atoms with Crippen LogP contribution < -0.4 is 0 Å². The first-order chi connectivity index (χ1) is 15.8. The topological polar surface area (TPSA) is 26.3 Å². The van der Waals surface area contributed by atoms with Crippen molar-refractivity contribution in [1.29, 1.82) is 0 Å².